The fourth-order valence-corrected chi connectivity index (χ4v) is 6.88. The molecule has 0 aromatic rings. The molecule has 0 aromatic heterocycles. The van der Waals surface area contributed by atoms with Crippen molar-refractivity contribution in [3.63, 3.8) is 0 Å². The summed E-state index contributed by atoms with van der Waals surface area (Å²) in [5, 5.41) is 0. The molecule has 152 valence electrons. The first kappa shape index (κ1) is 20.7. The number of alkyl halides is 1. The molecule has 1 heteroatoms. The first-order chi connectivity index (χ1) is 12.7. The molecule has 0 amide bonds. The van der Waals surface area contributed by atoms with Crippen molar-refractivity contribution in [1.82, 2.24) is 0 Å². The average molecular weight is 365 g/mol. The summed E-state index contributed by atoms with van der Waals surface area (Å²) in [5.74, 6) is 4.63. The Balaban J connectivity index is 1.40. The highest BCUT2D eigenvalue weighted by Crippen LogP contribution is 2.47. The van der Waals surface area contributed by atoms with Crippen LogP contribution in [0.3, 0.4) is 0 Å². The molecule has 0 aliphatic heterocycles. The van der Waals surface area contributed by atoms with Crippen molar-refractivity contribution < 1.29 is 4.39 Å². The van der Waals surface area contributed by atoms with Crippen LogP contribution in [0.4, 0.5) is 4.39 Å². The molecule has 0 saturated heterocycles. The molecule has 0 nitrogen and oxygen atoms in total. The molecular formula is C25H45F. The Morgan fingerprint density at radius 1 is 0.615 bits per heavy atom. The van der Waals surface area contributed by atoms with E-state index in [1.807, 2.05) is 0 Å². The molecule has 3 aliphatic rings. The van der Waals surface area contributed by atoms with Gasteiger partial charge in [-0.25, -0.2) is 4.39 Å². The van der Waals surface area contributed by atoms with E-state index in [2.05, 4.69) is 13.8 Å². The van der Waals surface area contributed by atoms with Gasteiger partial charge in [-0.15, -0.1) is 0 Å². The van der Waals surface area contributed by atoms with Crippen LogP contribution in [0.2, 0.25) is 0 Å². The van der Waals surface area contributed by atoms with Gasteiger partial charge in [0, 0.05) is 0 Å². The van der Waals surface area contributed by atoms with Crippen molar-refractivity contribution in [3.8, 4) is 0 Å². The fourth-order valence-electron chi connectivity index (χ4n) is 6.88. The lowest BCUT2D eigenvalue weighted by molar-refractivity contribution is 0.0325. The second-order valence-electron chi connectivity index (χ2n) is 10.2. The van der Waals surface area contributed by atoms with Crippen LogP contribution in [0.1, 0.15) is 117 Å². The van der Waals surface area contributed by atoms with Crippen LogP contribution in [-0.2, 0) is 0 Å². The molecule has 3 fully saturated rings. The number of hydrogen-bond donors (Lipinski definition) is 0. The lowest BCUT2D eigenvalue weighted by Gasteiger charge is -2.43. The van der Waals surface area contributed by atoms with Crippen LogP contribution < -0.4 is 0 Å². The van der Waals surface area contributed by atoms with Gasteiger partial charge in [-0.1, -0.05) is 71.6 Å². The first-order valence-electron chi connectivity index (χ1n) is 12.3. The molecule has 0 spiro atoms. The number of hydrogen-bond acceptors (Lipinski definition) is 0. The molecule has 3 rings (SSSR count). The molecule has 0 N–H and O–H groups in total. The third-order valence-electron chi connectivity index (χ3n) is 8.58. The van der Waals surface area contributed by atoms with Crippen molar-refractivity contribution >= 4 is 0 Å². The zero-order valence-corrected chi connectivity index (χ0v) is 17.7. The Kier molecular flexibility index (Phi) is 8.32. The quantitative estimate of drug-likeness (QED) is 0.426. The van der Waals surface area contributed by atoms with Crippen LogP contribution in [0.15, 0.2) is 0 Å². The van der Waals surface area contributed by atoms with Crippen molar-refractivity contribution in [2.45, 2.75) is 123 Å². The summed E-state index contributed by atoms with van der Waals surface area (Å²) in [6.45, 7) is 4.62. The standard InChI is InChI=1S/C25H45F/c1-3-5-7-20-8-12-21(13-9-20)23-16-17-24(25(26)18-23)22-14-10-19(6-4-2)11-15-22/h19-25H,3-18H2,1-2H3. The van der Waals surface area contributed by atoms with E-state index < -0.39 is 6.17 Å². The molecule has 0 bridgehead atoms. The van der Waals surface area contributed by atoms with Gasteiger partial charge in [0.05, 0.1) is 0 Å². The van der Waals surface area contributed by atoms with Crippen molar-refractivity contribution in [1.29, 1.82) is 0 Å². The Morgan fingerprint density at radius 2 is 1.19 bits per heavy atom. The Labute approximate surface area is 163 Å². The fraction of sp³-hybridized carbons (Fsp3) is 1.00. The summed E-state index contributed by atoms with van der Waals surface area (Å²) in [4.78, 5) is 0. The van der Waals surface area contributed by atoms with Gasteiger partial charge in [0.15, 0.2) is 0 Å². The highest BCUT2D eigenvalue weighted by atomic mass is 19.1. The minimum atomic E-state index is -0.487. The summed E-state index contributed by atoms with van der Waals surface area (Å²) in [5.41, 5.74) is 0. The SMILES string of the molecule is CCCCC1CCC(C2CCC(C3CCC(CCC)CC3)C(F)C2)CC1. The minimum Gasteiger partial charge on any atom is -0.247 e. The van der Waals surface area contributed by atoms with E-state index in [-0.39, 0.29) is 0 Å². The first-order valence-corrected chi connectivity index (χ1v) is 12.3. The van der Waals surface area contributed by atoms with Gasteiger partial charge in [-0.05, 0) is 80.5 Å². The van der Waals surface area contributed by atoms with Gasteiger partial charge in [0.25, 0.3) is 0 Å². The Bertz CT molecular complexity index is 376. The molecule has 0 aromatic carbocycles. The van der Waals surface area contributed by atoms with Crippen LogP contribution in [-0.4, -0.2) is 6.17 Å². The van der Waals surface area contributed by atoms with Crippen molar-refractivity contribution in [2.24, 2.45) is 35.5 Å². The van der Waals surface area contributed by atoms with Crippen LogP contribution >= 0.6 is 0 Å². The van der Waals surface area contributed by atoms with Gasteiger partial charge in [0.1, 0.15) is 6.17 Å². The van der Waals surface area contributed by atoms with E-state index in [1.165, 1.54) is 96.3 Å². The summed E-state index contributed by atoms with van der Waals surface area (Å²) in [7, 11) is 0. The molecule has 3 atom stereocenters. The third kappa shape index (κ3) is 5.48. The average Bonchev–Trinajstić information content (AvgIpc) is 2.68. The molecule has 0 heterocycles. The predicted molar refractivity (Wildman–Crippen MR) is 111 cm³/mol. The molecule has 3 unspecified atom stereocenters. The zero-order chi connectivity index (χ0) is 18.4. The van der Waals surface area contributed by atoms with Crippen LogP contribution in [0, 0.1) is 35.5 Å². The second-order valence-corrected chi connectivity index (χ2v) is 10.2. The topological polar surface area (TPSA) is 0 Å². The highest BCUT2D eigenvalue weighted by Gasteiger charge is 2.39. The van der Waals surface area contributed by atoms with Gasteiger partial charge in [-0.2, -0.15) is 0 Å². The van der Waals surface area contributed by atoms with Gasteiger partial charge < -0.3 is 0 Å². The smallest absolute Gasteiger partial charge is 0.103 e. The van der Waals surface area contributed by atoms with E-state index in [0.717, 1.165) is 24.2 Å². The van der Waals surface area contributed by atoms with Crippen molar-refractivity contribution in [2.75, 3.05) is 0 Å². The van der Waals surface area contributed by atoms with E-state index >= 15 is 4.39 Å². The number of halogens is 1. The van der Waals surface area contributed by atoms with Crippen LogP contribution in [0.25, 0.3) is 0 Å². The van der Waals surface area contributed by atoms with Gasteiger partial charge >= 0.3 is 0 Å². The maximum atomic E-state index is 15.1. The normalized spacial score (nSPS) is 41.9. The highest BCUT2D eigenvalue weighted by molar-refractivity contribution is 4.90. The van der Waals surface area contributed by atoms with E-state index in [0.29, 0.717) is 17.8 Å². The molecule has 0 radical (unpaired) electrons. The number of rotatable bonds is 7. The largest absolute Gasteiger partial charge is 0.247 e. The second kappa shape index (κ2) is 10.5. The molecule has 26 heavy (non-hydrogen) atoms. The maximum absolute atomic E-state index is 15.1. The lowest BCUT2D eigenvalue weighted by atomic mass is 9.64. The van der Waals surface area contributed by atoms with E-state index in [9.17, 15) is 0 Å². The van der Waals surface area contributed by atoms with E-state index in [1.54, 1.807) is 0 Å². The maximum Gasteiger partial charge on any atom is 0.103 e. The Hall–Kier alpha value is -0.0700. The summed E-state index contributed by atoms with van der Waals surface area (Å²) in [6, 6.07) is 0. The van der Waals surface area contributed by atoms with Gasteiger partial charge in [-0.3, -0.25) is 0 Å². The third-order valence-corrected chi connectivity index (χ3v) is 8.58. The molecule has 3 saturated carbocycles. The Morgan fingerprint density at radius 3 is 1.77 bits per heavy atom. The summed E-state index contributed by atoms with van der Waals surface area (Å²) < 4.78 is 15.1. The summed E-state index contributed by atoms with van der Waals surface area (Å²) in [6.07, 6.45) is 21.0. The molecular weight excluding hydrogens is 319 g/mol. The lowest BCUT2D eigenvalue weighted by Crippen LogP contribution is -2.36. The number of unbranched alkanes of at least 4 members (excludes halogenated alkanes) is 1. The van der Waals surface area contributed by atoms with Crippen molar-refractivity contribution in [3.05, 3.63) is 0 Å². The molecule has 3 aliphatic carbocycles. The van der Waals surface area contributed by atoms with Crippen LogP contribution in [0.5, 0.6) is 0 Å². The zero-order valence-electron chi connectivity index (χ0n) is 17.7. The minimum absolute atomic E-state index is 0.412. The predicted octanol–water partition coefficient (Wildman–Crippen LogP) is 8.34. The monoisotopic (exact) mass is 364 g/mol. The summed E-state index contributed by atoms with van der Waals surface area (Å²) >= 11 is 0. The van der Waals surface area contributed by atoms with Gasteiger partial charge in [0.2, 0.25) is 0 Å². The van der Waals surface area contributed by atoms with E-state index in [4.69, 9.17) is 0 Å².